The zero-order chi connectivity index (χ0) is 14.3. The summed E-state index contributed by atoms with van der Waals surface area (Å²) in [5.74, 6) is 0.575. The van der Waals surface area contributed by atoms with Crippen molar-refractivity contribution in [2.45, 2.75) is 59.0 Å². The number of rotatable bonds is 4. The summed E-state index contributed by atoms with van der Waals surface area (Å²) in [6.07, 6.45) is 6.43. The maximum Gasteiger partial charge on any atom is 0.307 e. The smallest absolute Gasteiger partial charge is 0.307 e. The topological polar surface area (TPSA) is 43.4 Å². The fourth-order valence-electron chi connectivity index (χ4n) is 3.49. The van der Waals surface area contributed by atoms with Crippen LogP contribution in [0.15, 0.2) is 11.6 Å². The average molecular weight is 264 g/mol. The first kappa shape index (κ1) is 14.3. The number of ether oxygens (including phenoxy) is 1. The van der Waals surface area contributed by atoms with Crippen LogP contribution in [-0.4, -0.2) is 17.9 Å². The highest BCUT2D eigenvalue weighted by molar-refractivity contribution is 5.78. The van der Waals surface area contributed by atoms with E-state index in [1.807, 2.05) is 20.8 Å². The summed E-state index contributed by atoms with van der Waals surface area (Å²) in [4.78, 5) is 23.5. The molecule has 3 nitrogen and oxygen atoms in total. The van der Waals surface area contributed by atoms with Crippen molar-refractivity contribution in [2.75, 3.05) is 0 Å². The Bertz CT molecular complexity index is 416. The Morgan fingerprint density at radius 3 is 2.74 bits per heavy atom. The van der Waals surface area contributed by atoms with Gasteiger partial charge in [-0.3, -0.25) is 4.79 Å². The minimum atomic E-state index is -0.496. The van der Waals surface area contributed by atoms with Gasteiger partial charge in [-0.1, -0.05) is 18.6 Å². The molecule has 0 heterocycles. The van der Waals surface area contributed by atoms with Gasteiger partial charge in [0.1, 0.15) is 11.9 Å². The Hall–Kier alpha value is -1.12. The molecule has 3 heteroatoms. The zero-order valence-electron chi connectivity index (χ0n) is 12.4. The van der Waals surface area contributed by atoms with Gasteiger partial charge in [0.15, 0.2) is 0 Å². The van der Waals surface area contributed by atoms with Crippen LogP contribution in [0, 0.1) is 17.3 Å². The molecular formula is C16H24O3. The number of hydrogen-bond donors (Lipinski definition) is 0. The Morgan fingerprint density at radius 2 is 2.21 bits per heavy atom. The lowest BCUT2D eigenvalue weighted by Crippen LogP contribution is -2.48. The van der Waals surface area contributed by atoms with Crippen LogP contribution in [0.1, 0.15) is 53.4 Å². The van der Waals surface area contributed by atoms with Gasteiger partial charge in [0, 0.05) is 5.41 Å². The Kier molecular flexibility index (Phi) is 3.59. The number of carbonyl (C=O) groups is 2. The van der Waals surface area contributed by atoms with Crippen LogP contribution >= 0.6 is 0 Å². The summed E-state index contributed by atoms with van der Waals surface area (Å²) in [7, 11) is 0. The third-order valence-corrected chi connectivity index (χ3v) is 4.34. The molecule has 0 aromatic rings. The number of aldehydes is 1. The van der Waals surface area contributed by atoms with Gasteiger partial charge in [-0.25, -0.2) is 0 Å². The maximum atomic E-state index is 12.0. The molecule has 1 fully saturated rings. The lowest BCUT2D eigenvalue weighted by atomic mass is 9.54. The first-order chi connectivity index (χ1) is 8.79. The van der Waals surface area contributed by atoms with Crippen LogP contribution in [0.3, 0.4) is 0 Å². The van der Waals surface area contributed by atoms with Crippen molar-refractivity contribution < 1.29 is 14.3 Å². The van der Waals surface area contributed by atoms with E-state index in [2.05, 4.69) is 13.0 Å². The number of esters is 1. The van der Waals surface area contributed by atoms with Gasteiger partial charge in [-0.2, -0.15) is 0 Å². The fraction of sp³-hybridized carbons (Fsp3) is 0.750. The van der Waals surface area contributed by atoms with Gasteiger partial charge in [0.2, 0.25) is 0 Å². The molecular weight excluding hydrogens is 240 g/mol. The predicted molar refractivity (Wildman–Crippen MR) is 73.5 cm³/mol. The van der Waals surface area contributed by atoms with Gasteiger partial charge in [0.25, 0.3) is 0 Å². The van der Waals surface area contributed by atoms with E-state index in [-0.39, 0.29) is 18.3 Å². The first-order valence-electron chi connectivity index (χ1n) is 7.17. The normalized spacial score (nSPS) is 33.2. The van der Waals surface area contributed by atoms with Crippen LogP contribution in [0.25, 0.3) is 0 Å². The average Bonchev–Trinajstić information content (AvgIpc) is 2.62. The van der Waals surface area contributed by atoms with Crippen LogP contribution < -0.4 is 0 Å². The van der Waals surface area contributed by atoms with Crippen molar-refractivity contribution in [3.05, 3.63) is 11.6 Å². The number of carbonyl (C=O) groups excluding carboxylic acids is 2. The molecule has 0 aromatic heterocycles. The molecule has 0 amide bonds. The minimum absolute atomic E-state index is 0.225. The van der Waals surface area contributed by atoms with E-state index in [0.29, 0.717) is 5.92 Å². The van der Waals surface area contributed by atoms with Crippen molar-refractivity contribution in [2.24, 2.45) is 17.3 Å². The Labute approximate surface area is 115 Å². The second-order valence-corrected chi connectivity index (χ2v) is 6.99. The van der Waals surface area contributed by atoms with E-state index in [9.17, 15) is 9.59 Å². The molecule has 2 aliphatic carbocycles. The highest BCUT2D eigenvalue weighted by Gasteiger charge is 2.56. The Balaban J connectivity index is 2.04. The molecule has 19 heavy (non-hydrogen) atoms. The molecule has 0 radical (unpaired) electrons. The maximum absolute atomic E-state index is 12.0. The highest BCUT2D eigenvalue weighted by atomic mass is 16.6. The summed E-state index contributed by atoms with van der Waals surface area (Å²) in [6, 6.07) is 0. The molecule has 106 valence electrons. The molecule has 0 bridgehead atoms. The second kappa shape index (κ2) is 4.77. The molecule has 0 aliphatic heterocycles. The molecule has 3 atom stereocenters. The Morgan fingerprint density at radius 1 is 1.53 bits per heavy atom. The SMILES string of the molecule is CCC1=C[C@@H]2[C@H](C1)CC2(C=O)CC(=O)OC(C)(C)C. The number of hydrogen-bond acceptors (Lipinski definition) is 3. The third-order valence-electron chi connectivity index (χ3n) is 4.34. The van der Waals surface area contributed by atoms with Gasteiger partial charge < -0.3 is 9.53 Å². The van der Waals surface area contributed by atoms with E-state index in [4.69, 9.17) is 4.74 Å². The number of fused-ring (bicyclic) bond motifs is 1. The zero-order valence-corrected chi connectivity index (χ0v) is 12.4. The second-order valence-electron chi connectivity index (χ2n) is 6.99. The first-order valence-corrected chi connectivity index (χ1v) is 7.17. The molecule has 1 saturated carbocycles. The van der Waals surface area contributed by atoms with Gasteiger partial charge in [-0.05, 0) is 51.9 Å². The molecule has 0 spiro atoms. The summed E-state index contributed by atoms with van der Waals surface area (Å²) >= 11 is 0. The minimum Gasteiger partial charge on any atom is -0.460 e. The molecule has 0 N–H and O–H groups in total. The molecule has 1 unspecified atom stereocenters. The van der Waals surface area contributed by atoms with Crippen molar-refractivity contribution in [3.63, 3.8) is 0 Å². The lowest BCUT2D eigenvalue weighted by Gasteiger charge is -2.48. The van der Waals surface area contributed by atoms with Crippen LogP contribution in [0.2, 0.25) is 0 Å². The summed E-state index contributed by atoms with van der Waals surface area (Å²) in [5, 5.41) is 0. The summed E-state index contributed by atoms with van der Waals surface area (Å²) in [5.41, 5.74) is 0.455. The molecule has 2 rings (SSSR count). The quantitative estimate of drug-likeness (QED) is 0.444. The predicted octanol–water partition coefficient (Wildman–Crippen LogP) is 3.28. The monoisotopic (exact) mass is 264 g/mol. The van der Waals surface area contributed by atoms with Crippen LogP contribution in [0.5, 0.6) is 0 Å². The fourth-order valence-corrected chi connectivity index (χ4v) is 3.49. The lowest BCUT2D eigenvalue weighted by molar-refractivity contribution is -0.164. The van der Waals surface area contributed by atoms with E-state index in [1.54, 1.807) is 0 Å². The van der Waals surface area contributed by atoms with Gasteiger partial charge in [0.05, 0.1) is 6.42 Å². The van der Waals surface area contributed by atoms with Crippen molar-refractivity contribution >= 4 is 12.3 Å². The van der Waals surface area contributed by atoms with E-state index in [1.165, 1.54) is 5.57 Å². The van der Waals surface area contributed by atoms with E-state index in [0.717, 1.165) is 25.5 Å². The molecule has 0 aromatic carbocycles. The van der Waals surface area contributed by atoms with E-state index < -0.39 is 11.0 Å². The molecule has 0 saturated heterocycles. The van der Waals surface area contributed by atoms with Crippen LogP contribution in [-0.2, 0) is 14.3 Å². The highest BCUT2D eigenvalue weighted by Crippen LogP contribution is 2.59. The van der Waals surface area contributed by atoms with Crippen molar-refractivity contribution in [1.29, 1.82) is 0 Å². The largest absolute Gasteiger partial charge is 0.460 e. The van der Waals surface area contributed by atoms with Crippen molar-refractivity contribution in [3.8, 4) is 0 Å². The third kappa shape index (κ3) is 2.75. The van der Waals surface area contributed by atoms with Gasteiger partial charge in [-0.15, -0.1) is 0 Å². The van der Waals surface area contributed by atoms with Crippen molar-refractivity contribution in [1.82, 2.24) is 0 Å². The van der Waals surface area contributed by atoms with Crippen LogP contribution in [0.4, 0.5) is 0 Å². The summed E-state index contributed by atoms with van der Waals surface area (Å²) < 4.78 is 5.35. The standard InChI is InChI=1S/C16H24O3/c1-5-11-6-12-8-16(10-17,13(12)7-11)9-14(18)19-15(2,3)4/h7,10,12-13H,5-6,8-9H2,1-4H3/t12-,13-,16?/m1/s1. The molecule has 2 aliphatic rings. The summed E-state index contributed by atoms with van der Waals surface area (Å²) in [6.45, 7) is 7.71. The van der Waals surface area contributed by atoms with Gasteiger partial charge >= 0.3 is 5.97 Å². The number of allylic oxidation sites excluding steroid dienone is 2. The van der Waals surface area contributed by atoms with E-state index >= 15 is 0 Å².